The van der Waals surface area contributed by atoms with Crippen LogP contribution in [0.5, 0.6) is 0 Å². The molecule has 0 spiro atoms. The van der Waals surface area contributed by atoms with E-state index < -0.39 is 0 Å². The van der Waals surface area contributed by atoms with Gasteiger partial charge in [0.2, 0.25) is 0 Å². The molecule has 0 aromatic carbocycles. The van der Waals surface area contributed by atoms with Gasteiger partial charge in [-0.25, -0.2) is 0 Å². The van der Waals surface area contributed by atoms with Crippen LogP contribution in [0.15, 0.2) is 41.4 Å². The summed E-state index contributed by atoms with van der Waals surface area (Å²) in [7, 11) is 1.92. The molecule has 0 fully saturated rings. The fourth-order valence-corrected chi connectivity index (χ4v) is 7.72. The Hall–Kier alpha value is -1.71. The van der Waals surface area contributed by atoms with Crippen LogP contribution in [0.1, 0.15) is 123 Å². The van der Waals surface area contributed by atoms with Gasteiger partial charge in [-0.3, -0.25) is 4.99 Å². The summed E-state index contributed by atoms with van der Waals surface area (Å²) in [5.41, 5.74) is 7.83. The predicted molar refractivity (Wildman–Crippen MR) is 171 cm³/mol. The van der Waals surface area contributed by atoms with Crippen LogP contribution >= 0.6 is 22.7 Å². The van der Waals surface area contributed by atoms with Crippen LogP contribution in [0, 0.1) is 6.92 Å². The normalized spacial score (nSPS) is 15.4. The number of unbranched alkanes of at least 4 members (excludes halogenated alkanes) is 6. The molecule has 1 aliphatic rings. The number of nitrogens with zero attached hydrogens (tertiary/aromatic N) is 1. The van der Waals surface area contributed by atoms with Crippen LogP contribution in [-0.4, -0.2) is 12.8 Å². The van der Waals surface area contributed by atoms with Crippen molar-refractivity contribution < 1.29 is 0 Å². The van der Waals surface area contributed by atoms with Crippen molar-refractivity contribution in [3.63, 3.8) is 0 Å². The summed E-state index contributed by atoms with van der Waals surface area (Å²) in [5, 5.41) is 0. The second kappa shape index (κ2) is 13.9. The van der Waals surface area contributed by atoms with Gasteiger partial charge in [0.25, 0.3) is 0 Å². The van der Waals surface area contributed by atoms with E-state index in [0.29, 0.717) is 0 Å². The van der Waals surface area contributed by atoms with E-state index in [9.17, 15) is 0 Å². The van der Waals surface area contributed by atoms with Gasteiger partial charge >= 0.3 is 0 Å². The highest BCUT2D eigenvalue weighted by Gasteiger charge is 2.28. The molecule has 1 aliphatic carbocycles. The first-order valence-electron chi connectivity index (χ1n) is 14.6. The van der Waals surface area contributed by atoms with Crippen molar-refractivity contribution in [1.29, 1.82) is 0 Å². The fourth-order valence-electron chi connectivity index (χ4n) is 5.19. The van der Waals surface area contributed by atoms with Gasteiger partial charge in [0.05, 0.1) is 5.71 Å². The van der Waals surface area contributed by atoms with E-state index in [1.165, 1.54) is 95.5 Å². The Morgan fingerprint density at radius 1 is 0.784 bits per heavy atom. The van der Waals surface area contributed by atoms with Gasteiger partial charge in [0.1, 0.15) is 0 Å². The van der Waals surface area contributed by atoms with Crippen molar-refractivity contribution in [3.05, 3.63) is 67.1 Å². The minimum Gasteiger partial charge on any atom is -0.287 e. The Bertz CT molecular complexity index is 1150. The molecular formula is C34H49NS2. The zero-order valence-corrected chi connectivity index (χ0v) is 26.2. The van der Waals surface area contributed by atoms with Gasteiger partial charge in [0.15, 0.2) is 0 Å². The first kappa shape index (κ1) is 29.8. The number of hydrogen-bond donors (Lipinski definition) is 0. The highest BCUT2D eigenvalue weighted by atomic mass is 32.1. The Morgan fingerprint density at radius 2 is 1.35 bits per heavy atom. The van der Waals surface area contributed by atoms with Gasteiger partial charge in [0, 0.05) is 43.3 Å². The SMILES string of the molecule is C=C1C(c2cc(CCCCCC)c(C)s2)=CC=C(c2cc(CCCCCC)c(C(C)(C)CC)s2)C1=NC. The summed E-state index contributed by atoms with van der Waals surface area (Å²) in [4.78, 5) is 10.5. The second-order valence-corrected chi connectivity index (χ2v) is 13.5. The van der Waals surface area contributed by atoms with Crippen molar-refractivity contribution in [2.45, 2.75) is 118 Å². The average Bonchev–Trinajstić information content (AvgIpc) is 3.48. The molecule has 0 saturated heterocycles. The summed E-state index contributed by atoms with van der Waals surface area (Å²) in [6.45, 7) is 18.5. The molecule has 0 N–H and O–H groups in total. The molecule has 1 nitrogen and oxygen atoms in total. The molecule has 37 heavy (non-hydrogen) atoms. The summed E-state index contributed by atoms with van der Waals surface area (Å²) >= 11 is 3.90. The minimum atomic E-state index is 0.196. The molecule has 0 bridgehead atoms. The summed E-state index contributed by atoms with van der Waals surface area (Å²) in [6.07, 6.45) is 18.6. The zero-order chi connectivity index (χ0) is 27.0. The minimum absolute atomic E-state index is 0.196. The number of hydrogen-bond acceptors (Lipinski definition) is 3. The maximum Gasteiger partial charge on any atom is 0.0730 e. The second-order valence-electron chi connectivity index (χ2n) is 11.2. The lowest BCUT2D eigenvalue weighted by Crippen LogP contribution is -2.15. The van der Waals surface area contributed by atoms with Crippen molar-refractivity contribution in [2.24, 2.45) is 4.99 Å². The highest BCUT2D eigenvalue weighted by Crippen LogP contribution is 2.43. The van der Waals surface area contributed by atoms with Gasteiger partial charge in [-0.2, -0.15) is 0 Å². The number of rotatable bonds is 14. The van der Waals surface area contributed by atoms with E-state index in [2.05, 4.69) is 72.4 Å². The van der Waals surface area contributed by atoms with E-state index in [0.717, 1.165) is 17.7 Å². The number of aryl methyl sites for hydroxylation is 3. The van der Waals surface area contributed by atoms with Crippen LogP contribution in [0.3, 0.4) is 0 Å². The smallest absolute Gasteiger partial charge is 0.0730 e. The molecule has 3 heteroatoms. The molecule has 202 valence electrons. The quantitative estimate of drug-likeness (QED) is 0.213. The van der Waals surface area contributed by atoms with E-state index in [-0.39, 0.29) is 5.41 Å². The molecule has 2 aromatic rings. The van der Waals surface area contributed by atoms with Crippen molar-refractivity contribution >= 4 is 39.5 Å². The largest absolute Gasteiger partial charge is 0.287 e. The molecule has 0 aliphatic heterocycles. The van der Waals surface area contributed by atoms with E-state index >= 15 is 0 Å². The predicted octanol–water partition coefficient (Wildman–Crippen LogP) is 11.2. The zero-order valence-electron chi connectivity index (χ0n) is 24.6. The Kier molecular flexibility index (Phi) is 11.2. The molecule has 0 saturated carbocycles. The number of aliphatic imine (C=N–C) groups is 1. The van der Waals surface area contributed by atoms with E-state index in [1.54, 1.807) is 10.4 Å². The van der Waals surface area contributed by atoms with Crippen molar-refractivity contribution in [1.82, 2.24) is 0 Å². The van der Waals surface area contributed by atoms with E-state index in [1.807, 2.05) is 29.7 Å². The first-order chi connectivity index (χ1) is 17.8. The summed E-state index contributed by atoms with van der Waals surface area (Å²) in [5.74, 6) is 0. The topological polar surface area (TPSA) is 12.4 Å². The Balaban J connectivity index is 1.93. The maximum absolute atomic E-state index is 4.79. The van der Waals surface area contributed by atoms with Crippen LogP contribution in [0.4, 0.5) is 0 Å². The Morgan fingerprint density at radius 3 is 1.95 bits per heavy atom. The molecule has 0 radical (unpaired) electrons. The van der Waals surface area contributed by atoms with Crippen LogP contribution in [0.2, 0.25) is 0 Å². The lowest BCUT2D eigenvalue weighted by Gasteiger charge is -2.23. The molecule has 0 amide bonds. The molecular weight excluding hydrogens is 487 g/mol. The molecule has 2 heterocycles. The van der Waals surface area contributed by atoms with Gasteiger partial charge in [-0.05, 0) is 67.7 Å². The van der Waals surface area contributed by atoms with E-state index in [4.69, 9.17) is 4.99 Å². The lowest BCUT2D eigenvalue weighted by atomic mass is 9.85. The van der Waals surface area contributed by atoms with Crippen molar-refractivity contribution in [3.8, 4) is 0 Å². The number of allylic oxidation sites excluding steroid dienone is 5. The lowest BCUT2D eigenvalue weighted by molar-refractivity contribution is 0.510. The van der Waals surface area contributed by atoms with Gasteiger partial charge < -0.3 is 0 Å². The molecule has 2 aromatic heterocycles. The number of thiophene rings is 2. The standard InChI is InChI=1S/C34H49NS2/c1-9-12-14-16-18-26-22-30(36-25(26)5)28-20-21-29(32(35-8)24(28)4)31-23-27(19-17-15-13-10-2)33(37-31)34(6,7)11-3/h20-23H,4,9-19H2,1-3,5-8H3. The molecule has 3 rings (SSSR count). The summed E-state index contributed by atoms with van der Waals surface area (Å²) < 4.78 is 0. The monoisotopic (exact) mass is 535 g/mol. The third-order valence-corrected chi connectivity index (χ3v) is 10.7. The van der Waals surface area contributed by atoms with Crippen LogP contribution in [0.25, 0.3) is 11.1 Å². The van der Waals surface area contributed by atoms with Crippen molar-refractivity contribution in [2.75, 3.05) is 7.05 Å². The third-order valence-electron chi connectivity index (χ3n) is 7.96. The average molecular weight is 536 g/mol. The third kappa shape index (κ3) is 7.24. The van der Waals surface area contributed by atoms with Crippen LogP contribution < -0.4 is 0 Å². The Labute approximate surface area is 235 Å². The van der Waals surface area contributed by atoms with Gasteiger partial charge in [-0.1, -0.05) is 91.9 Å². The van der Waals surface area contributed by atoms with Crippen LogP contribution in [-0.2, 0) is 18.3 Å². The van der Waals surface area contributed by atoms with Gasteiger partial charge in [-0.15, -0.1) is 22.7 Å². The summed E-state index contributed by atoms with van der Waals surface area (Å²) in [6, 6.07) is 4.88. The fraction of sp³-hybridized carbons (Fsp3) is 0.559. The maximum atomic E-state index is 4.79. The molecule has 0 unspecified atom stereocenters. The highest BCUT2D eigenvalue weighted by molar-refractivity contribution is 7.14. The first-order valence-corrected chi connectivity index (χ1v) is 16.2. The molecule has 0 atom stereocenters.